The number of carbonyl (C=O) groups is 1. The molecular formula is C17H34O4Si. The molecule has 3 atom stereocenters. The molecule has 1 aliphatic rings. The van der Waals surface area contributed by atoms with E-state index < -0.39 is 20.0 Å². The summed E-state index contributed by atoms with van der Waals surface area (Å²) in [6.45, 7) is 16.6. The fourth-order valence-corrected chi connectivity index (χ4v) is 3.91. The van der Waals surface area contributed by atoms with Crippen LogP contribution in [0.4, 0.5) is 0 Å². The van der Waals surface area contributed by atoms with Crippen LogP contribution in [0.2, 0.25) is 18.1 Å². The van der Waals surface area contributed by atoms with Gasteiger partial charge in [-0.05, 0) is 57.7 Å². The van der Waals surface area contributed by atoms with Crippen LogP contribution in [0.5, 0.6) is 0 Å². The molecule has 1 N–H and O–H groups in total. The molecule has 0 aromatic heterocycles. The zero-order chi connectivity index (χ0) is 17.3. The lowest BCUT2D eigenvalue weighted by Gasteiger charge is -2.39. The molecule has 1 aliphatic carbocycles. The van der Waals surface area contributed by atoms with Crippen molar-refractivity contribution in [3.8, 4) is 0 Å². The summed E-state index contributed by atoms with van der Waals surface area (Å²) in [6.07, 6.45) is 1.12. The standard InChI is InChI=1S/C17H34O4Si/c1-16(2,3)20-15(19)11-12-9-13(18)14(10-12)21-22(7,8)17(4,5)6/h12-14,18H,9-11H2,1-8H3/t12-,13+,14-/m0/s1. The van der Waals surface area contributed by atoms with Crippen molar-refractivity contribution < 1.29 is 19.1 Å². The molecule has 4 nitrogen and oxygen atoms in total. The number of rotatable bonds is 4. The Bertz CT molecular complexity index is 392. The van der Waals surface area contributed by atoms with Crippen molar-refractivity contribution in [2.45, 2.75) is 96.7 Å². The van der Waals surface area contributed by atoms with Crippen molar-refractivity contribution in [2.24, 2.45) is 5.92 Å². The largest absolute Gasteiger partial charge is 0.460 e. The van der Waals surface area contributed by atoms with Crippen LogP contribution in [0.3, 0.4) is 0 Å². The third-order valence-electron chi connectivity index (χ3n) is 4.70. The Morgan fingerprint density at radius 2 is 1.68 bits per heavy atom. The molecule has 0 unspecified atom stereocenters. The molecule has 0 radical (unpaired) electrons. The van der Waals surface area contributed by atoms with Gasteiger partial charge in [0.05, 0.1) is 12.2 Å². The van der Waals surface area contributed by atoms with Gasteiger partial charge in [0.2, 0.25) is 0 Å². The predicted molar refractivity (Wildman–Crippen MR) is 91.3 cm³/mol. The van der Waals surface area contributed by atoms with Crippen LogP contribution in [0, 0.1) is 5.92 Å². The van der Waals surface area contributed by atoms with Crippen molar-refractivity contribution in [1.82, 2.24) is 0 Å². The third-order valence-corrected chi connectivity index (χ3v) is 9.20. The Balaban J connectivity index is 2.57. The SMILES string of the molecule is CC(C)(C)OC(=O)C[C@H]1C[C@@H](O)[C@@H](O[Si](C)(C)C(C)(C)C)C1. The Hall–Kier alpha value is -0.393. The van der Waals surface area contributed by atoms with Crippen LogP contribution in [0.15, 0.2) is 0 Å². The van der Waals surface area contributed by atoms with Crippen LogP contribution in [-0.2, 0) is 14.0 Å². The first-order valence-corrected chi connectivity index (χ1v) is 11.2. The number of hydrogen-bond acceptors (Lipinski definition) is 4. The van der Waals surface area contributed by atoms with E-state index in [2.05, 4.69) is 33.9 Å². The van der Waals surface area contributed by atoms with E-state index in [0.29, 0.717) is 12.8 Å². The summed E-state index contributed by atoms with van der Waals surface area (Å²) >= 11 is 0. The van der Waals surface area contributed by atoms with Gasteiger partial charge in [-0.15, -0.1) is 0 Å². The molecule has 0 aromatic carbocycles. The highest BCUT2D eigenvalue weighted by Gasteiger charge is 2.44. The number of hydrogen-bond donors (Lipinski definition) is 1. The zero-order valence-electron chi connectivity index (χ0n) is 15.5. The van der Waals surface area contributed by atoms with Gasteiger partial charge in [-0.2, -0.15) is 0 Å². The topological polar surface area (TPSA) is 55.8 Å². The number of aliphatic hydroxyl groups is 1. The maximum Gasteiger partial charge on any atom is 0.306 e. The van der Waals surface area contributed by atoms with Gasteiger partial charge < -0.3 is 14.3 Å². The van der Waals surface area contributed by atoms with Gasteiger partial charge in [-0.3, -0.25) is 4.79 Å². The average Bonchev–Trinajstić information content (AvgIpc) is 2.53. The lowest BCUT2D eigenvalue weighted by Crippen LogP contribution is -2.45. The summed E-state index contributed by atoms with van der Waals surface area (Å²) in [5.41, 5.74) is -0.453. The van der Waals surface area contributed by atoms with Crippen LogP contribution in [0.1, 0.15) is 60.8 Å². The molecule has 0 aliphatic heterocycles. The lowest BCUT2D eigenvalue weighted by molar-refractivity contribution is -0.155. The maximum atomic E-state index is 11.9. The van der Waals surface area contributed by atoms with E-state index in [-0.39, 0.29) is 23.0 Å². The van der Waals surface area contributed by atoms with E-state index in [1.54, 1.807) is 0 Å². The van der Waals surface area contributed by atoms with Gasteiger partial charge in [0, 0.05) is 6.42 Å². The van der Waals surface area contributed by atoms with Gasteiger partial charge in [0.15, 0.2) is 8.32 Å². The van der Waals surface area contributed by atoms with Crippen molar-refractivity contribution >= 4 is 14.3 Å². The second-order valence-electron chi connectivity index (χ2n) is 9.11. The van der Waals surface area contributed by atoms with Crippen molar-refractivity contribution in [3.63, 3.8) is 0 Å². The molecule has 0 saturated heterocycles. The Labute approximate surface area is 136 Å². The van der Waals surface area contributed by atoms with Crippen molar-refractivity contribution in [1.29, 1.82) is 0 Å². The summed E-state index contributed by atoms with van der Waals surface area (Å²) in [5, 5.41) is 10.4. The van der Waals surface area contributed by atoms with E-state index in [0.717, 1.165) is 6.42 Å². The zero-order valence-corrected chi connectivity index (χ0v) is 16.5. The number of esters is 1. The molecule has 0 heterocycles. The molecule has 22 heavy (non-hydrogen) atoms. The minimum absolute atomic E-state index is 0.121. The Morgan fingerprint density at radius 3 is 2.14 bits per heavy atom. The molecule has 0 aromatic rings. The normalized spacial score (nSPS) is 27.0. The Kier molecular flexibility index (Phi) is 5.91. The molecule has 1 rings (SSSR count). The molecule has 0 amide bonds. The smallest absolute Gasteiger partial charge is 0.306 e. The van der Waals surface area contributed by atoms with Crippen LogP contribution < -0.4 is 0 Å². The summed E-state index contributed by atoms with van der Waals surface area (Å²) in [7, 11) is -1.90. The fraction of sp³-hybridized carbons (Fsp3) is 0.941. The minimum atomic E-state index is -1.90. The highest BCUT2D eigenvalue weighted by molar-refractivity contribution is 6.74. The van der Waals surface area contributed by atoms with E-state index >= 15 is 0 Å². The highest BCUT2D eigenvalue weighted by Crippen LogP contribution is 2.41. The second kappa shape index (κ2) is 6.61. The van der Waals surface area contributed by atoms with Gasteiger partial charge in [0.1, 0.15) is 5.60 Å². The van der Waals surface area contributed by atoms with Gasteiger partial charge >= 0.3 is 5.97 Å². The second-order valence-corrected chi connectivity index (χ2v) is 13.9. The quantitative estimate of drug-likeness (QED) is 0.628. The Morgan fingerprint density at radius 1 is 1.14 bits per heavy atom. The first kappa shape index (κ1) is 19.7. The summed E-state index contributed by atoms with van der Waals surface area (Å²) in [6, 6.07) is 0. The van der Waals surface area contributed by atoms with Gasteiger partial charge in [-0.1, -0.05) is 20.8 Å². The number of ether oxygens (including phenoxy) is 1. The minimum Gasteiger partial charge on any atom is -0.460 e. The molecule has 130 valence electrons. The average molecular weight is 331 g/mol. The van der Waals surface area contributed by atoms with E-state index in [1.807, 2.05) is 20.8 Å². The lowest BCUT2D eigenvalue weighted by atomic mass is 10.0. The summed E-state index contributed by atoms with van der Waals surface area (Å²) in [4.78, 5) is 11.9. The van der Waals surface area contributed by atoms with E-state index in [9.17, 15) is 9.90 Å². The first-order valence-electron chi connectivity index (χ1n) is 8.29. The van der Waals surface area contributed by atoms with Gasteiger partial charge in [0.25, 0.3) is 0 Å². The molecular weight excluding hydrogens is 296 g/mol. The third kappa shape index (κ3) is 5.67. The monoisotopic (exact) mass is 330 g/mol. The summed E-state index contributed by atoms with van der Waals surface area (Å²) < 4.78 is 11.7. The maximum absolute atomic E-state index is 11.9. The fourth-order valence-electron chi connectivity index (χ4n) is 2.54. The molecule has 5 heteroatoms. The van der Waals surface area contributed by atoms with Crippen LogP contribution in [-0.4, -0.2) is 37.2 Å². The van der Waals surface area contributed by atoms with Crippen LogP contribution in [0.25, 0.3) is 0 Å². The highest BCUT2D eigenvalue weighted by atomic mass is 28.4. The molecule has 0 bridgehead atoms. The van der Waals surface area contributed by atoms with E-state index in [1.165, 1.54) is 0 Å². The number of aliphatic hydroxyl groups excluding tert-OH is 1. The molecule has 0 spiro atoms. The van der Waals surface area contributed by atoms with Crippen molar-refractivity contribution in [2.75, 3.05) is 0 Å². The first-order chi connectivity index (χ1) is 9.71. The van der Waals surface area contributed by atoms with Crippen LogP contribution >= 0.6 is 0 Å². The van der Waals surface area contributed by atoms with Gasteiger partial charge in [-0.25, -0.2) is 0 Å². The molecule has 1 saturated carbocycles. The van der Waals surface area contributed by atoms with Crippen molar-refractivity contribution in [3.05, 3.63) is 0 Å². The molecule has 1 fully saturated rings. The predicted octanol–water partition coefficient (Wildman–Crippen LogP) is 3.88. The summed E-state index contributed by atoms with van der Waals surface area (Å²) in [5.74, 6) is -0.0303. The van der Waals surface area contributed by atoms with E-state index in [4.69, 9.17) is 9.16 Å². The number of carbonyl (C=O) groups excluding carboxylic acids is 1.